The molecule has 1 aliphatic heterocycles. The molecule has 1 fully saturated rings. The molecule has 1 N–H and O–H groups in total. The van der Waals surface area contributed by atoms with E-state index in [1.807, 2.05) is 6.07 Å². The van der Waals surface area contributed by atoms with Crippen molar-refractivity contribution in [1.29, 1.82) is 5.26 Å². The first-order valence-electron chi connectivity index (χ1n) is 10.7. The number of rotatable bonds is 6. The molecule has 0 bridgehead atoms. The average molecular weight is 432 g/mol. The highest BCUT2D eigenvalue weighted by molar-refractivity contribution is 5.80. The minimum Gasteiger partial charge on any atom is -0.497 e. The molecule has 2 aromatic carbocycles. The van der Waals surface area contributed by atoms with Crippen LogP contribution in [0.1, 0.15) is 24.2 Å². The minimum absolute atomic E-state index is 0.0439. The van der Waals surface area contributed by atoms with Gasteiger partial charge in [-0.1, -0.05) is 18.2 Å². The quantitative estimate of drug-likeness (QED) is 0.643. The Balaban J connectivity index is 1.85. The van der Waals surface area contributed by atoms with Crippen LogP contribution in [-0.2, 0) is 13.5 Å². The normalized spacial score (nSPS) is 15.5. The van der Waals surface area contributed by atoms with Gasteiger partial charge in [-0.05, 0) is 61.7 Å². The summed E-state index contributed by atoms with van der Waals surface area (Å²) in [5, 5.41) is 12.4. The summed E-state index contributed by atoms with van der Waals surface area (Å²) in [6.07, 6.45) is 2.70. The van der Waals surface area contributed by atoms with E-state index in [9.17, 15) is 9.18 Å². The first-order chi connectivity index (χ1) is 15.5. The third kappa shape index (κ3) is 4.27. The Hall–Kier alpha value is -3.50. The fourth-order valence-electron chi connectivity index (χ4n) is 4.14. The van der Waals surface area contributed by atoms with Gasteiger partial charge >= 0.3 is 0 Å². The second-order valence-corrected chi connectivity index (χ2v) is 8.05. The minimum atomic E-state index is -0.633. The van der Waals surface area contributed by atoms with Gasteiger partial charge in [0.05, 0.1) is 23.9 Å². The lowest BCUT2D eigenvalue weighted by Gasteiger charge is -2.16. The van der Waals surface area contributed by atoms with Gasteiger partial charge in [-0.2, -0.15) is 5.26 Å². The molecular formula is C25H25FN4O2. The Bertz CT molecular complexity index is 1220. The Morgan fingerprint density at radius 1 is 1.25 bits per heavy atom. The molecule has 1 aliphatic rings. The number of benzene rings is 2. The molecule has 1 unspecified atom stereocenters. The summed E-state index contributed by atoms with van der Waals surface area (Å²) < 4.78 is 21.3. The highest BCUT2D eigenvalue weighted by Gasteiger charge is 2.21. The summed E-state index contributed by atoms with van der Waals surface area (Å²) in [7, 11) is 3.31. The maximum absolute atomic E-state index is 14.4. The zero-order valence-corrected chi connectivity index (χ0v) is 18.2. The van der Waals surface area contributed by atoms with Crippen molar-refractivity contribution >= 4 is 0 Å². The van der Waals surface area contributed by atoms with Crippen molar-refractivity contribution in [1.82, 2.24) is 14.9 Å². The fraction of sp³-hybridized carbons (Fsp3) is 0.320. The topological polar surface area (TPSA) is 79.9 Å². The summed E-state index contributed by atoms with van der Waals surface area (Å²) in [4.78, 5) is 18.3. The molecule has 0 radical (unpaired) electrons. The van der Waals surface area contributed by atoms with Crippen LogP contribution in [0.5, 0.6) is 5.75 Å². The van der Waals surface area contributed by atoms with Crippen molar-refractivity contribution in [2.45, 2.75) is 19.3 Å². The van der Waals surface area contributed by atoms with Crippen molar-refractivity contribution < 1.29 is 9.13 Å². The van der Waals surface area contributed by atoms with E-state index < -0.39 is 5.82 Å². The van der Waals surface area contributed by atoms with Crippen LogP contribution in [-0.4, -0.2) is 29.8 Å². The zero-order chi connectivity index (χ0) is 22.7. The lowest BCUT2D eigenvalue weighted by atomic mass is 9.98. The summed E-state index contributed by atoms with van der Waals surface area (Å²) in [6, 6.07) is 13.3. The number of methoxy groups -OCH3 is 1. The van der Waals surface area contributed by atoms with Gasteiger partial charge in [-0.15, -0.1) is 0 Å². The summed E-state index contributed by atoms with van der Waals surface area (Å²) >= 11 is 0. The fourth-order valence-corrected chi connectivity index (χ4v) is 4.14. The summed E-state index contributed by atoms with van der Waals surface area (Å²) in [5.41, 5.74) is 1.72. The number of nitrogens with one attached hydrogen (secondary N) is 1. The molecule has 1 atom stereocenters. The third-order valence-electron chi connectivity index (χ3n) is 6.06. The molecular weight excluding hydrogens is 407 g/mol. The van der Waals surface area contributed by atoms with E-state index in [0.29, 0.717) is 46.3 Å². The van der Waals surface area contributed by atoms with E-state index in [2.05, 4.69) is 5.32 Å². The lowest BCUT2D eigenvalue weighted by molar-refractivity contribution is 0.415. The van der Waals surface area contributed by atoms with Gasteiger partial charge in [-0.25, -0.2) is 9.37 Å². The average Bonchev–Trinajstić information content (AvgIpc) is 3.33. The van der Waals surface area contributed by atoms with Crippen LogP contribution in [0.15, 0.2) is 47.3 Å². The molecule has 164 valence electrons. The summed E-state index contributed by atoms with van der Waals surface area (Å²) in [6.45, 7) is 1.99. The van der Waals surface area contributed by atoms with E-state index in [0.717, 1.165) is 25.9 Å². The van der Waals surface area contributed by atoms with Crippen LogP contribution < -0.4 is 15.6 Å². The third-order valence-corrected chi connectivity index (χ3v) is 6.06. The van der Waals surface area contributed by atoms with Crippen LogP contribution >= 0.6 is 0 Å². The molecule has 1 aromatic heterocycles. The predicted molar refractivity (Wildman–Crippen MR) is 121 cm³/mol. The molecule has 32 heavy (non-hydrogen) atoms. The number of hydrogen-bond donors (Lipinski definition) is 1. The van der Waals surface area contributed by atoms with Gasteiger partial charge in [0.15, 0.2) is 0 Å². The highest BCUT2D eigenvalue weighted by Crippen LogP contribution is 2.30. The van der Waals surface area contributed by atoms with Crippen LogP contribution in [0.2, 0.25) is 0 Å². The second-order valence-electron chi connectivity index (χ2n) is 8.05. The largest absolute Gasteiger partial charge is 0.497 e. The van der Waals surface area contributed by atoms with Crippen molar-refractivity contribution in [2.75, 3.05) is 20.2 Å². The van der Waals surface area contributed by atoms with Crippen molar-refractivity contribution in [3.05, 3.63) is 70.0 Å². The number of hydrogen-bond acceptors (Lipinski definition) is 5. The smallest absolute Gasteiger partial charge is 0.261 e. The second kappa shape index (κ2) is 9.33. The maximum atomic E-state index is 14.4. The molecule has 0 spiro atoms. The first-order valence-corrected chi connectivity index (χ1v) is 10.7. The zero-order valence-electron chi connectivity index (χ0n) is 18.2. The number of aryl methyl sites for hydroxylation is 1. The number of nitriles is 1. The van der Waals surface area contributed by atoms with Gasteiger partial charge in [0.2, 0.25) is 0 Å². The SMILES string of the molecule is COc1ccc(-c2c(-c3ccc(C#N)c(F)c3)nc(CCC3CCNC3)n(C)c2=O)cc1. The molecule has 2 heterocycles. The van der Waals surface area contributed by atoms with E-state index in [1.54, 1.807) is 49.1 Å². The van der Waals surface area contributed by atoms with Gasteiger partial charge in [0, 0.05) is 19.0 Å². The van der Waals surface area contributed by atoms with Crippen molar-refractivity contribution in [3.8, 4) is 34.2 Å². The Labute approximate surface area is 186 Å². The van der Waals surface area contributed by atoms with E-state index in [1.165, 1.54) is 12.1 Å². The standard InChI is InChI=1S/C25H25FN4O2/c1-30-22(10-3-16-11-12-28-15-16)29-24(18-4-5-19(14-27)21(26)13-18)23(25(30)31)17-6-8-20(32-2)9-7-17/h4-9,13,16,28H,3,10-12,15H2,1-2H3. The van der Waals surface area contributed by atoms with Crippen LogP contribution in [0.25, 0.3) is 22.4 Å². The molecule has 0 saturated carbocycles. The van der Waals surface area contributed by atoms with Gasteiger partial charge in [-0.3, -0.25) is 9.36 Å². The Kier molecular flexibility index (Phi) is 6.33. The van der Waals surface area contributed by atoms with Crippen molar-refractivity contribution in [2.24, 2.45) is 13.0 Å². The van der Waals surface area contributed by atoms with E-state index in [-0.39, 0.29) is 11.1 Å². The summed E-state index contributed by atoms with van der Waals surface area (Å²) in [5.74, 6) is 1.26. The Morgan fingerprint density at radius 2 is 2.00 bits per heavy atom. The first kappa shape index (κ1) is 21.7. The molecule has 0 amide bonds. The van der Waals surface area contributed by atoms with Gasteiger partial charge < -0.3 is 10.1 Å². The highest BCUT2D eigenvalue weighted by atomic mass is 19.1. The van der Waals surface area contributed by atoms with E-state index >= 15 is 0 Å². The van der Waals surface area contributed by atoms with Gasteiger partial charge in [0.1, 0.15) is 23.5 Å². The number of aromatic nitrogens is 2. The van der Waals surface area contributed by atoms with Gasteiger partial charge in [0.25, 0.3) is 5.56 Å². The molecule has 1 saturated heterocycles. The van der Waals surface area contributed by atoms with Crippen molar-refractivity contribution in [3.63, 3.8) is 0 Å². The lowest BCUT2D eigenvalue weighted by Crippen LogP contribution is -2.25. The Morgan fingerprint density at radius 3 is 2.62 bits per heavy atom. The van der Waals surface area contributed by atoms with E-state index in [4.69, 9.17) is 15.0 Å². The van der Waals surface area contributed by atoms with Crippen LogP contribution in [0.3, 0.4) is 0 Å². The maximum Gasteiger partial charge on any atom is 0.261 e. The molecule has 4 rings (SSSR count). The number of ether oxygens (including phenoxy) is 1. The number of halogens is 1. The monoisotopic (exact) mass is 432 g/mol. The molecule has 6 nitrogen and oxygen atoms in total. The molecule has 7 heteroatoms. The molecule has 0 aliphatic carbocycles. The molecule has 3 aromatic rings. The predicted octanol–water partition coefficient (Wildman–Crippen LogP) is 3.68. The van der Waals surface area contributed by atoms with Crippen LogP contribution in [0, 0.1) is 23.1 Å². The number of nitrogens with zero attached hydrogens (tertiary/aromatic N) is 3. The van der Waals surface area contributed by atoms with Crippen LogP contribution in [0.4, 0.5) is 4.39 Å².